The Kier molecular flexibility index (Phi) is 6.03. The van der Waals surface area contributed by atoms with Crippen LogP contribution < -0.4 is 10.0 Å². The Morgan fingerprint density at radius 3 is 2.25 bits per heavy atom. The van der Waals surface area contributed by atoms with E-state index in [1.54, 1.807) is 6.07 Å². The number of hydrogen-bond donors (Lipinski definition) is 2. The summed E-state index contributed by atoms with van der Waals surface area (Å²) in [6.07, 6.45) is 1.83. The van der Waals surface area contributed by atoms with Crippen LogP contribution in [0.2, 0.25) is 10.0 Å². The molecule has 0 radical (unpaired) electrons. The van der Waals surface area contributed by atoms with Gasteiger partial charge < -0.3 is 5.32 Å². The maximum absolute atomic E-state index is 12.5. The quantitative estimate of drug-likeness (QED) is 0.720. The van der Waals surface area contributed by atoms with Crippen LogP contribution in [0.15, 0.2) is 46.2 Å². The number of anilines is 2. The van der Waals surface area contributed by atoms with Gasteiger partial charge in [0.05, 0.1) is 16.3 Å². The van der Waals surface area contributed by atoms with Crippen molar-refractivity contribution >= 4 is 62.3 Å². The summed E-state index contributed by atoms with van der Waals surface area (Å²) in [5, 5.41) is 3.26. The van der Waals surface area contributed by atoms with Crippen LogP contribution in [0, 0.1) is 0 Å². The van der Waals surface area contributed by atoms with E-state index in [0.29, 0.717) is 15.7 Å². The van der Waals surface area contributed by atoms with E-state index < -0.39 is 10.0 Å². The Labute approximate surface area is 154 Å². The summed E-state index contributed by atoms with van der Waals surface area (Å²) in [6.45, 7) is 1.36. The van der Waals surface area contributed by atoms with E-state index in [9.17, 15) is 13.2 Å². The predicted octanol–water partition coefficient (Wildman–Crippen LogP) is 4.47. The molecule has 0 spiro atoms. The van der Waals surface area contributed by atoms with Crippen molar-refractivity contribution in [3.8, 4) is 0 Å². The number of hydrogen-bond acceptors (Lipinski definition) is 4. The van der Waals surface area contributed by atoms with Crippen LogP contribution in [0.1, 0.15) is 6.92 Å². The number of rotatable bonds is 5. The molecule has 2 aromatic carbocycles. The lowest BCUT2D eigenvalue weighted by Gasteiger charge is -2.13. The summed E-state index contributed by atoms with van der Waals surface area (Å²) < 4.78 is 27.5. The van der Waals surface area contributed by atoms with Crippen LogP contribution in [-0.4, -0.2) is 20.6 Å². The molecule has 2 rings (SSSR count). The van der Waals surface area contributed by atoms with E-state index in [1.807, 2.05) is 6.26 Å². The zero-order valence-electron chi connectivity index (χ0n) is 12.8. The zero-order valence-corrected chi connectivity index (χ0v) is 15.9. The molecule has 5 nitrogen and oxygen atoms in total. The highest BCUT2D eigenvalue weighted by molar-refractivity contribution is 7.98. The number of halogens is 2. The van der Waals surface area contributed by atoms with Gasteiger partial charge in [-0.25, -0.2) is 8.42 Å². The maximum Gasteiger partial charge on any atom is 0.261 e. The maximum atomic E-state index is 12.5. The summed E-state index contributed by atoms with van der Waals surface area (Å²) in [5.74, 6) is -0.283. The van der Waals surface area contributed by atoms with Crippen molar-refractivity contribution in [1.29, 1.82) is 0 Å². The molecule has 2 aromatic rings. The lowest BCUT2D eigenvalue weighted by molar-refractivity contribution is -0.114. The fourth-order valence-electron chi connectivity index (χ4n) is 1.97. The molecule has 9 heteroatoms. The van der Waals surface area contributed by atoms with Crippen LogP contribution in [-0.2, 0) is 14.8 Å². The van der Waals surface area contributed by atoms with Crippen molar-refractivity contribution in [2.45, 2.75) is 16.7 Å². The monoisotopic (exact) mass is 404 g/mol. The van der Waals surface area contributed by atoms with Gasteiger partial charge in [0, 0.05) is 21.9 Å². The molecular weight excluding hydrogens is 391 g/mol. The summed E-state index contributed by atoms with van der Waals surface area (Å²) in [5.41, 5.74) is 0.685. The van der Waals surface area contributed by atoms with E-state index in [2.05, 4.69) is 10.0 Å². The molecule has 0 aliphatic rings. The highest BCUT2D eigenvalue weighted by atomic mass is 35.5. The fourth-order valence-corrected chi connectivity index (χ4v) is 4.09. The molecule has 24 heavy (non-hydrogen) atoms. The Balaban J connectivity index is 2.39. The lowest BCUT2D eigenvalue weighted by atomic mass is 10.3. The highest BCUT2D eigenvalue weighted by Gasteiger charge is 2.17. The number of thioether (sulfide) groups is 1. The van der Waals surface area contributed by atoms with Gasteiger partial charge in [-0.1, -0.05) is 23.2 Å². The molecule has 0 bridgehead atoms. The van der Waals surface area contributed by atoms with Gasteiger partial charge in [-0.3, -0.25) is 9.52 Å². The number of amides is 1. The molecule has 0 aliphatic heterocycles. The molecule has 0 saturated carbocycles. The molecule has 0 saturated heterocycles. The molecular formula is C15H14Cl2N2O3S2. The topological polar surface area (TPSA) is 75.3 Å². The number of carbonyl (C=O) groups excluding carboxylic acids is 1. The summed E-state index contributed by atoms with van der Waals surface area (Å²) in [7, 11) is -3.86. The average Bonchev–Trinajstić information content (AvgIpc) is 2.44. The van der Waals surface area contributed by atoms with Crippen LogP contribution in [0.4, 0.5) is 11.4 Å². The second-order valence-electron chi connectivity index (χ2n) is 4.81. The van der Waals surface area contributed by atoms with Crippen molar-refractivity contribution in [2.24, 2.45) is 0 Å². The van der Waals surface area contributed by atoms with Gasteiger partial charge in [0.2, 0.25) is 5.91 Å². The van der Waals surface area contributed by atoms with Gasteiger partial charge in [-0.2, -0.15) is 0 Å². The predicted molar refractivity (Wildman–Crippen MR) is 99.8 cm³/mol. The van der Waals surface area contributed by atoms with Crippen LogP contribution in [0.3, 0.4) is 0 Å². The standard InChI is InChI=1S/C15H14Cl2N2O3S2/c1-9(20)18-14-8-13(3-4-15(14)23-2)24(21,22)19-12-6-10(16)5-11(17)7-12/h3-8,19H,1-2H3,(H,18,20). The molecule has 0 aliphatic carbocycles. The van der Waals surface area contributed by atoms with Crippen molar-refractivity contribution in [1.82, 2.24) is 0 Å². The van der Waals surface area contributed by atoms with E-state index in [-0.39, 0.29) is 16.5 Å². The Morgan fingerprint density at radius 1 is 1.08 bits per heavy atom. The van der Waals surface area contributed by atoms with Crippen molar-refractivity contribution in [2.75, 3.05) is 16.3 Å². The van der Waals surface area contributed by atoms with Crippen LogP contribution in [0.25, 0.3) is 0 Å². The van der Waals surface area contributed by atoms with Crippen LogP contribution in [0.5, 0.6) is 0 Å². The number of carbonyl (C=O) groups is 1. The molecule has 0 unspecified atom stereocenters. The van der Waals surface area contributed by atoms with Gasteiger partial charge in [-0.15, -0.1) is 11.8 Å². The molecule has 0 aromatic heterocycles. The normalized spacial score (nSPS) is 11.2. The molecule has 1 amide bonds. The lowest BCUT2D eigenvalue weighted by Crippen LogP contribution is -2.14. The molecule has 0 atom stereocenters. The largest absolute Gasteiger partial charge is 0.325 e. The van der Waals surface area contributed by atoms with E-state index in [0.717, 1.165) is 4.90 Å². The first-order valence-electron chi connectivity index (χ1n) is 6.66. The first kappa shape index (κ1) is 18.9. The Morgan fingerprint density at radius 2 is 1.71 bits per heavy atom. The Hall–Kier alpha value is -1.41. The number of sulfonamides is 1. The van der Waals surface area contributed by atoms with E-state index in [4.69, 9.17) is 23.2 Å². The number of benzene rings is 2. The number of nitrogens with one attached hydrogen (secondary N) is 2. The van der Waals surface area contributed by atoms with Crippen molar-refractivity contribution in [3.63, 3.8) is 0 Å². The van der Waals surface area contributed by atoms with Gasteiger partial charge in [-0.05, 0) is 42.7 Å². The van der Waals surface area contributed by atoms with Crippen LogP contribution >= 0.6 is 35.0 Å². The Bertz CT molecular complexity index is 866. The first-order valence-corrected chi connectivity index (χ1v) is 10.1. The van der Waals surface area contributed by atoms with E-state index in [1.165, 1.54) is 49.0 Å². The van der Waals surface area contributed by atoms with Crippen molar-refractivity contribution < 1.29 is 13.2 Å². The minimum Gasteiger partial charge on any atom is -0.325 e. The SMILES string of the molecule is CSc1ccc(S(=O)(=O)Nc2cc(Cl)cc(Cl)c2)cc1NC(C)=O. The average molecular weight is 405 g/mol. The zero-order chi connectivity index (χ0) is 17.9. The molecule has 2 N–H and O–H groups in total. The third-order valence-corrected chi connectivity index (χ3v) is 5.52. The van der Waals surface area contributed by atoms with Crippen molar-refractivity contribution in [3.05, 3.63) is 46.4 Å². The summed E-state index contributed by atoms with van der Waals surface area (Å²) in [6, 6.07) is 8.91. The molecule has 0 fully saturated rings. The highest BCUT2D eigenvalue weighted by Crippen LogP contribution is 2.30. The summed E-state index contributed by atoms with van der Waals surface area (Å²) >= 11 is 13.2. The fraction of sp³-hybridized carbons (Fsp3) is 0.133. The third-order valence-electron chi connectivity index (χ3n) is 2.91. The molecule has 128 valence electrons. The molecule has 0 heterocycles. The van der Waals surface area contributed by atoms with Gasteiger partial charge in [0.15, 0.2) is 0 Å². The van der Waals surface area contributed by atoms with Gasteiger partial charge in [0.1, 0.15) is 0 Å². The van der Waals surface area contributed by atoms with Gasteiger partial charge >= 0.3 is 0 Å². The second-order valence-corrected chi connectivity index (χ2v) is 8.21. The second kappa shape index (κ2) is 7.65. The van der Waals surface area contributed by atoms with Gasteiger partial charge in [0.25, 0.3) is 10.0 Å². The smallest absolute Gasteiger partial charge is 0.261 e. The van der Waals surface area contributed by atoms with E-state index >= 15 is 0 Å². The first-order chi connectivity index (χ1) is 11.2. The summed E-state index contributed by atoms with van der Waals surface area (Å²) in [4.78, 5) is 12.1. The minimum atomic E-state index is -3.86. The minimum absolute atomic E-state index is 0.0140. The third kappa shape index (κ3) is 4.80.